The van der Waals surface area contributed by atoms with E-state index < -0.39 is 5.92 Å². The highest BCUT2D eigenvalue weighted by atomic mass is 32.1. The molecule has 2 aromatic heterocycles. The molecule has 0 fully saturated rings. The number of ether oxygens (including phenoxy) is 2. The van der Waals surface area contributed by atoms with E-state index in [1.54, 1.807) is 12.5 Å². The third-order valence-electron chi connectivity index (χ3n) is 6.45. The molecule has 1 amide bonds. The molecule has 186 valence electrons. The van der Waals surface area contributed by atoms with Crippen LogP contribution in [0.25, 0.3) is 10.2 Å². The molecule has 0 spiro atoms. The number of benzene rings is 3. The van der Waals surface area contributed by atoms with Crippen LogP contribution in [-0.2, 0) is 11.3 Å². The van der Waals surface area contributed by atoms with E-state index in [4.69, 9.17) is 14.5 Å². The minimum Gasteiger partial charge on any atom is -0.492 e. The number of imidazole rings is 1. The van der Waals surface area contributed by atoms with Crippen LogP contribution in [0.5, 0.6) is 17.2 Å². The van der Waals surface area contributed by atoms with Gasteiger partial charge in [-0.15, -0.1) is 0 Å². The number of para-hydroxylation sites is 3. The molecule has 0 radical (unpaired) electrons. The van der Waals surface area contributed by atoms with Gasteiger partial charge in [-0.25, -0.2) is 9.97 Å². The monoisotopic (exact) mass is 510 g/mol. The number of amides is 1. The highest BCUT2D eigenvalue weighted by Gasteiger charge is 2.36. The van der Waals surface area contributed by atoms with E-state index >= 15 is 0 Å². The van der Waals surface area contributed by atoms with Crippen molar-refractivity contribution in [3.05, 3.63) is 96.6 Å². The van der Waals surface area contributed by atoms with Gasteiger partial charge in [0.05, 0.1) is 23.6 Å². The molecule has 0 bridgehead atoms. The van der Waals surface area contributed by atoms with E-state index in [0.29, 0.717) is 29.8 Å². The zero-order valence-corrected chi connectivity index (χ0v) is 21.2. The molecule has 0 aliphatic carbocycles. The third-order valence-corrected chi connectivity index (χ3v) is 7.50. The number of aromatic nitrogens is 3. The first-order chi connectivity index (χ1) is 18.2. The summed E-state index contributed by atoms with van der Waals surface area (Å²) in [7, 11) is 0. The van der Waals surface area contributed by atoms with Crippen LogP contribution < -0.4 is 14.4 Å². The molecule has 3 heterocycles. The lowest BCUT2D eigenvalue weighted by atomic mass is 9.87. The van der Waals surface area contributed by atoms with Gasteiger partial charge in [-0.2, -0.15) is 0 Å². The Morgan fingerprint density at radius 2 is 1.81 bits per heavy atom. The Bertz CT molecular complexity index is 1500. The molecular formula is C29H26N4O3S. The predicted molar refractivity (Wildman–Crippen MR) is 145 cm³/mol. The van der Waals surface area contributed by atoms with Crippen LogP contribution in [0.4, 0.5) is 5.13 Å². The largest absolute Gasteiger partial charge is 0.492 e. The maximum absolute atomic E-state index is 14.5. The second-order valence-electron chi connectivity index (χ2n) is 8.79. The zero-order chi connectivity index (χ0) is 25.2. The molecule has 0 saturated carbocycles. The van der Waals surface area contributed by atoms with Crippen molar-refractivity contribution in [1.82, 2.24) is 14.5 Å². The van der Waals surface area contributed by atoms with Crippen LogP contribution in [-0.4, -0.2) is 33.6 Å². The smallest absolute Gasteiger partial charge is 0.241 e. The van der Waals surface area contributed by atoms with Gasteiger partial charge in [-0.05, 0) is 37.6 Å². The fourth-order valence-electron chi connectivity index (χ4n) is 4.76. The van der Waals surface area contributed by atoms with Crippen LogP contribution in [0.3, 0.4) is 0 Å². The summed E-state index contributed by atoms with van der Waals surface area (Å²) in [5.41, 5.74) is 2.51. The van der Waals surface area contributed by atoms with Gasteiger partial charge in [0.15, 0.2) is 5.13 Å². The van der Waals surface area contributed by atoms with Crippen molar-refractivity contribution in [2.45, 2.75) is 25.8 Å². The van der Waals surface area contributed by atoms with Gasteiger partial charge in [0, 0.05) is 36.6 Å². The van der Waals surface area contributed by atoms with Gasteiger partial charge >= 0.3 is 0 Å². The molecule has 1 aliphatic rings. The summed E-state index contributed by atoms with van der Waals surface area (Å²) >= 11 is 1.51. The molecule has 0 unspecified atom stereocenters. The van der Waals surface area contributed by atoms with Gasteiger partial charge in [-0.3, -0.25) is 9.69 Å². The van der Waals surface area contributed by atoms with Crippen molar-refractivity contribution in [2.24, 2.45) is 0 Å². The summed E-state index contributed by atoms with van der Waals surface area (Å²) in [5.74, 6) is 1.63. The van der Waals surface area contributed by atoms with Crippen LogP contribution in [0.2, 0.25) is 0 Å². The molecule has 7 nitrogen and oxygen atoms in total. The van der Waals surface area contributed by atoms with E-state index in [2.05, 4.69) is 4.98 Å². The fraction of sp³-hybridized carbons (Fsp3) is 0.207. The van der Waals surface area contributed by atoms with Crippen molar-refractivity contribution >= 4 is 32.6 Å². The normalized spacial score (nSPS) is 12.6. The molecule has 3 aromatic carbocycles. The van der Waals surface area contributed by atoms with Gasteiger partial charge in [0.25, 0.3) is 0 Å². The minimum absolute atomic E-state index is 0.0224. The lowest BCUT2D eigenvalue weighted by Crippen LogP contribution is -2.37. The van der Waals surface area contributed by atoms with Crippen LogP contribution in [0.1, 0.15) is 30.4 Å². The highest BCUT2D eigenvalue weighted by molar-refractivity contribution is 7.22. The number of fused-ring (bicyclic) bond motifs is 3. The second kappa shape index (κ2) is 10.1. The van der Waals surface area contributed by atoms with E-state index in [1.165, 1.54) is 11.3 Å². The van der Waals surface area contributed by atoms with Gasteiger partial charge in [0.2, 0.25) is 5.91 Å². The average Bonchev–Trinajstić information content (AvgIpc) is 3.60. The number of carbonyl (C=O) groups is 1. The number of hydrogen-bond acceptors (Lipinski definition) is 6. The molecule has 0 saturated heterocycles. The lowest BCUT2D eigenvalue weighted by molar-refractivity contribution is -0.119. The maximum atomic E-state index is 14.5. The van der Waals surface area contributed by atoms with Crippen molar-refractivity contribution in [3.63, 3.8) is 0 Å². The Balaban J connectivity index is 1.41. The first kappa shape index (κ1) is 23.2. The molecule has 0 atom stereocenters. The molecular weight excluding hydrogens is 484 g/mol. The third kappa shape index (κ3) is 4.44. The summed E-state index contributed by atoms with van der Waals surface area (Å²) < 4.78 is 15.0. The first-order valence-corrected chi connectivity index (χ1v) is 13.2. The lowest BCUT2D eigenvalue weighted by Gasteiger charge is -2.31. The number of thiazole rings is 1. The number of aryl methyl sites for hydroxylation is 1. The van der Waals surface area contributed by atoms with Gasteiger partial charge in [-0.1, -0.05) is 53.8 Å². The number of carbonyl (C=O) groups excluding carboxylic acids is 1. The van der Waals surface area contributed by atoms with Crippen molar-refractivity contribution in [3.8, 4) is 17.2 Å². The summed E-state index contributed by atoms with van der Waals surface area (Å²) in [6.45, 7) is 3.77. The standard InChI is InChI=1S/C29H26N4O3S/c1-2-35-24-13-7-14-25-27(24)31-29(37-25)33(17-8-16-32-18-15-30-19-32)28(34)26-20-9-3-5-11-22(20)36-23-12-6-4-10-21(23)26/h3-7,9-15,18-19,26H,2,8,16-17H2,1H3. The number of anilines is 1. The number of nitrogens with zero attached hydrogens (tertiary/aromatic N) is 4. The fourth-order valence-corrected chi connectivity index (χ4v) is 5.78. The van der Waals surface area contributed by atoms with E-state index in [9.17, 15) is 4.79 Å². The predicted octanol–water partition coefficient (Wildman–Crippen LogP) is 6.25. The summed E-state index contributed by atoms with van der Waals surface area (Å²) in [4.78, 5) is 25.4. The maximum Gasteiger partial charge on any atom is 0.241 e. The Morgan fingerprint density at radius 1 is 1.05 bits per heavy atom. The molecule has 1 aliphatic heterocycles. The number of hydrogen-bond donors (Lipinski definition) is 0. The molecule has 8 heteroatoms. The zero-order valence-electron chi connectivity index (χ0n) is 20.4. The van der Waals surface area contributed by atoms with Gasteiger partial charge < -0.3 is 14.0 Å². The van der Waals surface area contributed by atoms with Crippen molar-refractivity contribution in [1.29, 1.82) is 0 Å². The minimum atomic E-state index is -0.493. The molecule has 0 N–H and O–H groups in total. The topological polar surface area (TPSA) is 69.5 Å². The van der Waals surface area contributed by atoms with Crippen LogP contribution in [0.15, 0.2) is 85.5 Å². The Kier molecular flexibility index (Phi) is 6.32. The highest BCUT2D eigenvalue weighted by Crippen LogP contribution is 2.45. The Morgan fingerprint density at radius 3 is 2.51 bits per heavy atom. The summed E-state index contributed by atoms with van der Waals surface area (Å²) in [6.07, 6.45) is 6.25. The van der Waals surface area contributed by atoms with Crippen LogP contribution in [0, 0.1) is 0 Å². The van der Waals surface area contributed by atoms with E-state index in [-0.39, 0.29) is 5.91 Å². The number of rotatable bonds is 8. The molecule has 5 aromatic rings. The molecule has 6 rings (SSSR count). The van der Waals surface area contributed by atoms with Crippen molar-refractivity contribution in [2.75, 3.05) is 18.1 Å². The Hall–Kier alpha value is -4.17. The first-order valence-electron chi connectivity index (χ1n) is 12.4. The molecule has 37 heavy (non-hydrogen) atoms. The summed E-state index contributed by atoms with van der Waals surface area (Å²) in [6, 6.07) is 21.5. The van der Waals surface area contributed by atoms with E-state index in [1.807, 2.05) is 89.3 Å². The SMILES string of the molecule is CCOc1cccc2sc(N(CCCn3ccnc3)C(=O)C3c4ccccc4Oc4ccccc43)nc12. The second-order valence-corrected chi connectivity index (χ2v) is 9.80. The van der Waals surface area contributed by atoms with E-state index in [0.717, 1.165) is 40.1 Å². The van der Waals surface area contributed by atoms with Crippen LogP contribution >= 0.6 is 11.3 Å². The Labute approximate surface area is 218 Å². The van der Waals surface area contributed by atoms with Crippen molar-refractivity contribution < 1.29 is 14.3 Å². The average molecular weight is 511 g/mol. The summed E-state index contributed by atoms with van der Waals surface area (Å²) in [5, 5.41) is 0.666. The quantitative estimate of drug-likeness (QED) is 0.247. The van der Waals surface area contributed by atoms with Gasteiger partial charge in [0.1, 0.15) is 22.8 Å².